The predicted octanol–water partition coefficient (Wildman–Crippen LogP) is 2.00. The van der Waals surface area contributed by atoms with Gasteiger partial charge in [0.25, 0.3) is 0 Å². The number of imidazole rings is 1. The van der Waals surface area contributed by atoms with Crippen molar-refractivity contribution >= 4 is 0 Å². The van der Waals surface area contributed by atoms with Gasteiger partial charge in [-0.3, -0.25) is 0 Å². The van der Waals surface area contributed by atoms with E-state index in [-0.39, 0.29) is 6.04 Å². The molecule has 0 aliphatic heterocycles. The highest BCUT2D eigenvalue weighted by Gasteiger charge is 2.22. The lowest BCUT2D eigenvalue weighted by molar-refractivity contribution is 0.305. The standard InChI is InChI=1S/C11H19N3/c1-14-7-10(13-8-14)11(12)9-5-3-2-4-6-9/h7-9,11H,2-6,12H2,1H3. The minimum atomic E-state index is 0.150. The Kier molecular flexibility index (Phi) is 2.87. The molecule has 2 N–H and O–H groups in total. The summed E-state index contributed by atoms with van der Waals surface area (Å²) in [7, 11) is 1.99. The van der Waals surface area contributed by atoms with E-state index in [0.717, 1.165) is 5.69 Å². The highest BCUT2D eigenvalue weighted by atomic mass is 15.0. The van der Waals surface area contributed by atoms with Crippen LogP contribution in [0, 0.1) is 5.92 Å². The molecule has 0 amide bonds. The third kappa shape index (κ3) is 1.98. The Balaban J connectivity index is 2.03. The zero-order valence-corrected chi connectivity index (χ0v) is 8.82. The summed E-state index contributed by atoms with van der Waals surface area (Å²) in [4.78, 5) is 4.33. The zero-order chi connectivity index (χ0) is 9.97. The first kappa shape index (κ1) is 9.71. The summed E-state index contributed by atoms with van der Waals surface area (Å²) >= 11 is 0. The molecule has 1 atom stereocenters. The second-order valence-corrected chi connectivity index (χ2v) is 4.39. The van der Waals surface area contributed by atoms with Crippen LogP contribution in [0.2, 0.25) is 0 Å². The lowest BCUT2D eigenvalue weighted by atomic mass is 9.83. The molecule has 0 aromatic carbocycles. The number of nitrogens with zero attached hydrogens (tertiary/aromatic N) is 2. The number of aromatic nitrogens is 2. The van der Waals surface area contributed by atoms with Crippen LogP contribution in [-0.4, -0.2) is 9.55 Å². The van der Waals surface area contributed by atoms with Crippen molar-refractivity contribution in [1.82, 2.24) is 9.55 Å². The maximum absolute atomic E-state index is 6.21. The Morgan fingerprint density at radius 3 is 2.71 bits per heavy atom. The van der Waals surface area contributed by atoms with Crippen LogP contribution in [0.5, 0.6) is 0 Å². The van der Waals surface area contributed by atoms with Gasteiger partial charge < -0.3 is 10.3 Å². The van der Waals surface area contributed by atoms with E-state index in [1.165, 1.54) is 32.1 Å². The van der Waals surface area contributed by atoms with Gasteiger partial charge in [-0.15, -0.1) is 0 Å². The van der Waals surface area contributed by atoms with Gasteiger partial charge in [0, 0.05) is 13.2 Å². The highest BCUT2D eigenvalue weighted by Crippen LogP contribution is 2.31. The molecule has 0 saturated heterocycles. The lowest BCUT2D eigenvalue weighted by Gasteiger charge is -2.26. The van der Waals surface area contributed by atoms with E-state index in [1.807, 2.05) is 24.1 Å². The van der Waals surface area contributed by atoms with Gasteiger partial charge in [0.05, 0.1) is 18.1 Å². The summed E-state index contributed by atoms with van der Waals surface area (Å²) in [6, 6.07) is 0.150. The van der Waals surface area contributed by atoms with Crippen molar-refractivity contribution in [2.24, 2.45) is 18.7 Å². The third-order valence-electron chi connectivity index (χ3n) is 3.22. The largest absolute Gasteiger partial charge is 0.340 e. The average molecular weight is 193 g/mol. The molecule has 3 nitrogen and oxygen atoms in total. The molecule has 1 aromatic heterocycles. The topological polar surface area (TPSA) is 43.8 Å². The van der Waals surface area contributed by atoms with Crippen molar-refractivity contribution in [1.29, 1.82) is 0 Å². The molecule has 2 rings (SSSR count). The predicted molar refractivity (Wildman–Crippen MR) is 56.7 cm³/mol. The van der Waals surface area contributed by atoms with Gasteiger partial charge in [-0.2, -0.15) is 0 Å². The number of hydrogen-bond acceptors (Lipinski definition) is 2. The van der Waals surface area contributed by atoms with Gasteiger partial charge in [-0.05, 0) is 18.8 Å². The molecule has 1 aromatic rings. The molecular formula is C11H19N3. The smallest absolute Gasteiger partial charge is 0.0947 e. The third-order valence-corrected chi connectivity index (χ3v) is 3.22. The maximum atomic E-state index is 6.21. The first-order valence-electron chi connectivity index (χ1n) is 5.51. The van der Waals surface area contributed by atoms with Crippen LogP contribution in [0.25, 0.3) is 0 Å². The Morgan fingerprint density at radius 2 is 2.14 bits per heavy atom. The fraction of sp³-hybridized carbons (Fsp3) is 0.727. The van der Waals surface area contributed by atoms with E-state index in [0.29, 0.717) is 5.92 Å². The minimum absolute atomic E-state index is 0.150. The van der Waals surface area contributed by atoms with Gasteiger partial charge in [0.2, 0.25) is 0 Å². The minimum Gasteiger partial charge on any atom is -0.340 e. The SMILES string of the molecule is Cn1cnc(C(N)C2CCCCC2)c1. The van der Waals surface area contributed by atoms with E-state index in [4.69, 9.17) is 5.73 Å². The summed E-state index contributed by atoms with van der Waals surface area (Å²) < 4.78 is 1.97. The fourth-order valence-electron chi connectivity index (χ4n) is 2.34. The molecule has 78 valence electrons. The van der Waals surface area contributed by atoms with Crippen LogP contribution >= 0.6 is 0 Å². The Morgan fingerprint density at radius 1 is 1.43 bits per heavy atom. The molecule has 1 heterocycles. The molecule has 0 radical (unpaired) electrons. The van der Waals surface area contributed by atoms with Crippen LogP contribution in [0.15, 0.2) is 12.5 Å². The summed E-state index contributed by atoms with van der Waals surface area (Å²) in [5.74, 6) is 0.652. The van der Waals surface area contributed by atoms with Gasteiger partial charge in [-0.25, -0.2) is 4.98 Å². The fourth-order valence-corrected chi connectivity index (χ4v) is 2.34. The molecule has 1 fully saturated rings. The maximum Gasteiger partial charge on any atom is 0.0947 e. The number of nitrogens with two attached hydrogens (primary N) is 1. The van der Waals surface area contributed by atoms with Crippen molar-refractivity contribution in [3.05, 3.63) is 18.2 Å². The summed E-state index contributed by atoms with van der Waals surface area (Å²) in [5.41, 5.74) is 7.26. The average Bonchev–Trinajstić information content (AvgIpc) is 2.65. The van der Waals surface area contributed by atoms with Crippen LogP contribution in [0.4, 0.5) is 0 Å². The first-order chi connectivity index (χ1) is 6.77. The van der Waals surface area contributed by atoms with Gasteiger partial charge in [0.1, 0.15) is 0 Å². The number of rotatable bonds is 2. The first-order valence-corrected chi connectivity index (χ1v) is 5.51. The molecule has 1 aliphatic carbocycles. The molecule has 1 aliphatic rings. The molecule has 1 unspecified atom stereocenters. The zero-order valence-electron chi connectivity index (χ0n) is 8.82. The van der Waals surface area contributed by atoms with Gasteiger partial charge in [0.15, 0.2) is 0 Å². The molecule has 0 bridgehead atoms. The van der Waals surface area contributed by atoms with Crippen molar-refractivity contribution in [2.45, 2.75) is 38.1 Å². The quantitative estimate of drug-likeness (QED) is 0.780. The number of aryl methyl sites for hydroxylation is 1. The Labute approximate surface area is 85.3 Å². The summed E-state index contributed by atoms with van der Waals surface area (Å²) in [6.45, 7) is 0. The van der Waals surface area contributed by atoms with Crippen LogP contribution < -0.4 is 5.73 Å². The van der Waals surface area contributed by atoms with E-state index in [2.05, 4.69) is 4.98 Å². The Hall–Kier alpha value is -0.830. The highest BCUT2D eigenvalue weighted by molar-refractivity contribution is 5.04. The van der Waals surface area contributed by atoms with Crippen LogP contribution in [0.3, 0.4) is 0 Å². The van der Waals surface area contributed by atoms with E-state index < -0.39 is 0 Å². The molecule has 1 saturated carbocycles. The van der Waals surface area contributed by atoms with Crippen molar-refractivity contribution < 1.29 is 0 Å². The van der Waals surface area contributed by atoms with Crippen LogP contribution in [0.1, 0.15) is 43.8 Å². The normalized spacial score (nSPS) is 21.0. The monoisotopic (exact) mass is 193 g/mol. The van der Waals surface area contributed by atoms with Crippen molar-refractivity contribution in [3.8, 4) is 0 Å². The summed E-state index contributed by atoms with van der Waals surface area (Å²) in [6.07, 6.45) is 10.5. The van der Waals surface area contributed by atoms with E-state index >= 15 is 0 Å². The molecule has 0 spiro atoms. The lowest BCUT2D eigenvalue weighted by Crippen LogP contribution is -2.23. The van der Waals surface area contributed by atoms with E-state index in [1.54, 1.807) is 0 Å². The molecule has 14 heavy (non-hydrogen) atoms. The van der Waals surface area contributed by atoms with Crippen molar-refractivity contribution in [2.75, 3.05) is 0 Å². The molecular weight excluding hydrogens is 174 g/mol. The van der Waals surface area contributed by atoms with E-state index in [9.17, 15) is 0 Å². The van der Waals surface area contributed by atoms with Crippen LogP contribution in [-0.2, 0) is 7.05 Å². The summed E-state index contributed by atoms with van der Waals surface area (Å²) in [5, 5.41) is 0. The second-order valence-electron chi connectivity index (χ2n) is 4.39. The second kappa shape index (κ2) is 4.13. The van der Waals surface area contributed by atoms with Crippen molar-refractivity contribution in [3.63, 3.8) is 0 Å². The van der Waals surface area contributed by atoms with Gasteiger partial charge >= 0.3 is 0 Å². The van der Waals surface area contributed by atoms with Gasteiger partial charge in [-0.1, -0.05) is 19.3 Å². The molecule has 3 heteroatoms. The Bertz CT molecular complexity index is 286. The number of hydrogen-bond donors (Lipinski definition) is 1.